The molecule has 1 N–H and O–H groups in total. The summed E-state index contributed by atoms with van der Waals surface area (Å²) in [5.41, 5.74) is 0.280. The van der Waals surface area contributed by atoms with E-state index in [0.717, 1.165) is 0 Å². The molecule has 0 fully saturated rings. The number of rotatable bonds is 6. The van der Waals surface area contributed by atoms with Crippen molar-refractivity contribution in [3.63, 3.8) is 0 Å². The first-order valence-corrected chi connectivity index (χ1v) is 5.38. The minimum Gasteiger partial charge on any atom is -0.466 e. The number of carbonyl (C=O) groups is 1. The Bertz CT molecular complexity index is 397. The molecule has 0 aliphatic rings. The second kappa shape index (κ2) is 7.17. The minimum absolute atomic E-state index is 0.194. The number of hydrogen-bond acceptors (Lipinski definition) is 6. The van der Waals surface area contributed by atoms with Crippen molar-refractivity contribution in [2.75, 3.05) is 18.5 Å². The lowest BCUT2D eigenvalue weighted by molar-refractivity contribution is -0.143. The molecule has 1 heterocycles. The van der Waals surface area contributed by atoms with Gasteiger partial charge in [0.05, 0.1) is 19.0 Å². The zero-order valence-electron chi connectivity index (χ0n) is 9.64. The van der Waals surface area contributed by atoms with Gasteiger partial charge in [-0.2, -0.15) is 5.26 Å². The Morgan fingerprint density at radius 2 is 2.35 bits per heavy atom. The Hall–Kier alpha value is -2.16. The van der Waals surface area contributed by atoms with Crippen LogP contribution in [0, 0.1) is 11.3 Å². The van der Waals surface area contributed by atoms with Gasteiger partial charge in [0.1, 0.15) is 11.9 Å². The van der Waals surface area contributed by atoms with E-state index >= 15 is 0 Å². The lowest BCUT2D eigenvalue weighted by atomic mass is 10.3. The van der Waals surface area contributed by atoms with E-state index in [4.69, 9.17) is 10.00 Å². The fourth-order valence-corrected chi connectivity index (χ4v) is 1.16. The molecule has 0 unspecified atom stereocenters. The van der Waals surface area contributed by atoms with E-state index in [0.29, 0.717) is 31.8 Å². The number of anilines is 1. The van der Waals surface area contributed by atoms with E-state index in [1.807, 2.05) is 6.07 Å². The average molecular weight is 234 g/mol. The molecule has 1 rings (SSSR count). The Morgan fingerprint density at radius 1 is 1.53 bits per heavy atom. The largest absolute Gasteiger partial charge is 0.466 e. The molecule has 1 aromatic rings. The van der Waals surface area contributed by atoms with E-state index in [9.17, 15) is 4.79 Å². The predicted molar refractivity (Wildman–Crippen MR) is 61.1 cm³/mol. The molecule has 0 saturated carbocycles. The second-order valence-corrected chi connectivity index (χ2v) is 3.23. The molecule has 0 radical (unpaired) electrons. The molecule has 6 heteroatoms. The van der Waals surface area contributed by atoms with Crippen LogP contribution in [0.5, 0.6) is 0 Å². The Kier molecular flexibility index (Phi) is 5.44. The summed E-state index contributed by atoms with van der Waals surface area (Å²) in [6.07, 6.45) is 3.93. The molecule has 0 amide bonds. The van der Waals surface area contributed by atoms with Gasteiger partial charge in [-0.25, -0.2) is 9.97 Å². The highest BCUT2D eigenvalue weighted by Crippen LogP contribution is 2.01. The molecule has 0 bridgehead atoms. The van der Waals surface area contributed by atoms with E-state index in [-0.39, 0.29) is 11.7 Å². The Morgan fingerprint density at radius 3 is 2.94 bits per heavy atom. The molecule has 0 saturated heterocycles. The number of carbonyl (C=O) groups excluding carboxylic acids is 1. The molecule has 17 heavy (non-hydrogen) atoms. The van der Waals surface area contributed by atoms with Crippen LogP contribution in [0.2, 0.25) is 0 Å². The number of ether oxygens (including phenoxy) is 1. The van der Waals surface area contributed by atoms with Gasteiger partial charge >= 0.3 is 5.97 Å². The molecule has 0 spiro atoms. The number of aromatic nitrogens is 2. The van der Waals surface area contributed by atoms with Crippen LogP contribution >= 0.6 is 0 Å². The summed E-state index contributed by atoms with van der Waals surface area (Å²) in [5.74, 6) is 0.396. The maximum atomic E-state index is 11.0. The van der Waals surface area contributed by atoms with Crippen molar-refractivity contribution in [2.24, 2.45) is 0 Å². The van der Waals surface area contributed by atoms with Crippen LogP contribution in [-0.4, -0.2) is 29.1 Å². The smallest absolute Gasteiger partial charge is 0.305 e. The summed E-state index contributed by atoms with van der Waals surface area (Å²) in [6.45, 7) is 2.80. The summed E-state index contributed by atoms with van der Waals surface area (Å²) in [5, 5.41) is 11.5. The van der Waals surface area contributed by atoms with E-state index in [2.05, 4.69) is 15.3 Å². The molecule has 0 atom stereocenters. The second-order valence-electron chi connectivity index (χ2n) is 3.23. The van der Waals surface area contributed by atoms with Crippen LogP contribution in [-0.2, 0) is 9.53 Å². The summed E-state index contributed by atoms with van der Waals surface area (Å²) < 4.78 is 4.79. The molecule has 6 nitrogen and oxygen atoms in total. The number of nitriles is 1. The molecule has 0 aliphatic heterocycles. The highest BCUT2D eigenvalue weighted by molar-refractivity contribution is 5.69. The topological polar surface area (TPSA) is 87.9 Å². The van der Waals surface area contributed by atoms with E-state index < -0.39 is 0 Å². The number of hydrogen-bond donors (Lipinski definition) is 1. The van der Waals surface area contributed by atoms with Crippen LogP contribution in [0.1, 0.15) is 25.5 Å². The van der Waals surface area contributed by atoms with Gasteiger partial charge in [0.2, 0.25) is 0 Å². The lowest BCUT2D eigenvalue weighted by Gasteiger charge is -2.04. The minimum atomic E-state index is -0.194. The molecule has 1 aromatic heterocycles. The lowest BCUT2D eigenvalue weighted by Crippen LogP contribution is -2.09. The predicted octanol–water partition coefficient (Wildman–Crippen LogP) is 1.10. The molecular weight excluding hydrogens is 220 g/mol. The van der Waals surface area contributed by atoms with Crippen LogP contribution in [0.15, 0.2) is 12.4 Å². The maximum absolute atomic E-state index is 11.0. The van der Waals surface area contributed by atoms with Crippen molar-refractivity contribution < 1.29 is 9.53 Å². The van der Waals surface area contributed by atoms with Gasteiger partial charge in [-0.3, -0.25) is 4.79 Å². The van der Waals surface area contributed by atoms with Crippen LogP contribution in [0.3, 0.4) is 0 Å². The normalized spacial score (nSPS) is 9.41. The third-order valence-electron chi connectivity index (χ3n) is 1.94. The van der Waals surface area contributed by atoms with Gasteiger partial charge in [0, 0.05) is 13.0 Å². The summed E-state index contributed by atoms with van der Waals surface area (Å²) in [4.78, 5) is 18.9. The number of nitrogens with zero attached hydrogens (tertiary/aromatic N) is 3. The fourth-order valence-electron chi connectivity index (χ4n) is 1.16. The van der Waals surface area contributed by atoms with Gasteiger partial charge in [-0.15, -0.1) is 0 Å². The quantitative estimate of drug-likeness (QED) is 0.585. The van der Waals surface area contributed by atoms with Gasteiger partial charge < -0.3 is 10.1 Å². The highest BCUT2D eigenvalue weighted by Gasteiger charge is 2.01. The Balaban J connectivity index is 2.22. The van der Waals surface area contributed by atoms with E-state index in [1.165, 1.54) is 12.4 Å². The van der Waals surface area contributed by atoms with Crippen LogP contribution in [0.25, 0.3) is 0 Å². The molecular formula is C11H14N4O2. The zero-order valence-corrected chi connectivity index (χ0v) is 9.64. The molecule has 0 aromatic carbocycles. The van der Waals surface area contributed by atoms with Crippen LogP contribution < -0.4 is 5.32 Å². The summed E-state index contributed by atoms with van der Waals surface area (Å²) in [6, 6.07) is 1.89. The van der Waals surface area contributed by atoms with Crippen molar-refractivity contribution in [1.82, 2.24) is 9.97 Å². The third-order valence-corrected chi connectivity index (χ3v) is 1.94. The summed E-state index contributed by atoms with van der Waals surface area (Å²) in [7, 11) is 0. The van der Waals surface area contributed by atoms with Gasteiger partial charge in [0.15, 0.2) is 5.69 Å². The Labute approximate surface area is 99.6 Å². The highest BCUT2D eigenvalue weighted by atomic mass is 16.5. The SMILES string of the molecule is CCOC(=O)CCCNc1cnc(C#N)cn1. The molecule has 0 aliphatic carbocycles. The van der Waals surface area contributed by atoms with Crippen LogP contribution in [0.4, 0.5) is 5.82 Å². The van der Waals surface area contributed by atoms with Gasteiger partial charge in [-0.1, -0.05) is 0 Å². The zero-order chi connectivity index (χ0) is 12.5. The maximum Gasteiger partial charge on any atom is 0.305 e. The summed E-state index contributed by atoms with van der Waals surface area (Å²) >= 11 is 0. The van der Waals surface area contributed by atoms with Crippen molar-refractivity contribution in [1.29, 1.82) is 5.26 Å². The van der Waals surface area contributed by atoms with E-state index in [1.54, 1.807) is 6.92 Å². The van der Waals surface area contributed by atoms with Gasteiger partial charge in [0.25, 0.3) is 0 Å². The van der Waals surface area contributed by atoms with Crippen molar-refractivity contribution >= 4 is 11.8 Å². The van der Waals surface area contributed by atoms with Gasteiger partial charge in [-0.05, 0) is 13.3 Å². The first-order chi connectivity index (χ1) is 8.26. The standard InChI is InChI=1S/C11H14N4O2/c1-2-17-11(16)4-3-5-13-10-8-14-9(6-12)7-15-10/h7-8H,2-5H2,1H3,(H,13,15). The number of esters is 1. The van der Waals surface area contributed by atoms with Crippen molar-refractivity contribution in [3.05, 3.63) is 18.1 Å². The number of nitrogens with one attached hydrogen (secondary N) is 1. The first-order valence-electron chi connectivity index (χ1n) is 5.38. The van der Waals surface area contributed by atoms with Crippen molar-refractivity contribution in [3.8, 4) is 6.07 Å². The monoisotopic (exact) mass is 234 g/mol. The first kappa shape index (κ1) is 12.9. The average Bonchev–Trinajstić information content (AvgIpc) is 2.36. The third kappa shape index (κ3) is 4.93. The fraction of sp³-hybridized carbons (Fsp3) is 0.455. The molecule has 90 valence electrons. The van der Waals surface area contributed by atoms with Crippen molar-refractivity contribution in [2.45, 2.75) is 19.8 Å².